The molecule has 0 saturated heterocycles. The first-order valence-corrected chi connectivity index (χ1v) is 7.19. The van der Waals surface area contributed by atoms with Crippen molar-refractivity contribution in [3.63, 3.8) is 0 Å². The summed E-state index contributed by atoms with van der Waals surface area (Å²) in [6, 6.07) is 13.3. The summed E-state index contributed by atoms with van der Waals surface area (Å²) in [5.41, 5.74) is 1.00. The van der Waals surface area contributed by atoms with Crippen molar-refractivity contribution in [2.45, 2.75) is 12.8 Å². The van der Waals surface area contributed by atoms with E-state index in [0.717, 1.165) is 22.3 Å². The summed E-state index contributed by atoms with van der Waals surface area (Å²) >= 11 is 0. The molecule has 4 heteroatoms. The first-order valence-electron chi connectivity index (χ1n) is 7.19. The van der Waals surface area contributed by atoms with Crippen LogP contribution in [0.4, 0.5) is 0 Å². The number of carbonyl (C=O) groups is 2. The van der Waals surface area contributed by atoms with Gasteiger partial charge < -0.3 is 4.84 Å². The highest BCUT2D eigenvalue weighted by Gasteiger charge is 2.39. The Labute approximate surface area is 127 Å². The molecule has 0 unspecified atom stereocenters. The average molecular weight is 291 g/mol. The van der Waals surface area contributed by atoms with Crippen LogP contribution in [-0.2, 0) is 9.59 Å². The van der Waals surface area contributed by atoms with Gasteiger partial charge in [0.05, 0.1) is 5.57 Å². The van der Waals surface area contributed by atoms with Crippen molar-refractivity contribution in [1.82, 2.24) is 5.06 Å². The predicted octanol–water partition coefficient (Wildman–Crippen LogP) is 3.15. The van der Waals surface area contributed by atoms with Crippen LogP contribution in [0.3, 0.4) is 0 Å². The van der Waals surface area contributed by atoms with Crippen LogP contribution in [0.15, 0.2) is 65.8 Å². The number of imide groups is 1. The first-order chi connectivity index (χ1) is 10.7. The van der Waals surface area contributed by atoms with Gasteiger partial charge in [-0.3, -0.25) is 9.59 Å². The molecule has 4 rings (SSSR count). The van der Waals surface area contributed by atoms with Crippen LogP contribution in [0.25, 0.3) is 10.8 Å². The van der Waals surface area contributed by atoms with Crippen molar-refractivity contribution in [1.29, 1.82) is 0 Å². The Kier molecular flexibility index (Phi) is 2.82. The van der Waals surface area contributed by atoms with Crippen LogP contribution in [0, 0.1) is 0 Å². The number of fused-ring (bicyclic) bond motifs is 1. The number of hydroxylamine groups is 2. The third kappa shape index (κ3) is 1.92. The zero-order chi connectivity index (χ0) is 15.1. The molecule has 0 saturated carbocycles. The van der Waals surface area contributed by atoms with Gasteiger partial charge in [-0.05, 0) is 35.7 Å². The Hall–Kier alpha value is -2.88. The van der Waals surface area contributed by atoms with Crippen molar-refractivity contribution in [3.05, 3.63) is 65.8 Å². The lowest BCUT2D eigenvalue weighted by Crippen LogP contribution is -2.34. The zero-order valence-corrected chi connectivity index (χ0v) is 11.8. The van der Waals surface area contributed by atoms with Gasteiger partial charge in [-0.1, -0.05) is 47.5 Å². The van der Waals surface area contributed by atoms with E-state index in [1.807, 2.05) is 42.5 Å². The fraction of sp³-hybridized carbons (Fsp3) is 0.111. The lowest BCUT2D eigenvalue weighted by molar-refractivity contribution is -0.163. The molecule has 4 nitrogen and oxygen atoms in total. The molecule has 0 radical (unpaired) electrons. The monoisotopic (exact) mass is 291 g/mol. The smallest absolute Gasteiger partial charge is 0.294 e. The number of nitrogens with zero attached hydrogens (tertiary/aromatic N) is 1. The molecule has 0 bridgehead atoms. The van der Waals surface area contributed by atoms with Gasteiger partial charge in [0, 0.05) is 5.57 Å². The molecule has 0 aromatic heterocycles. The van der Waals surface area contributed by atoms with Crippen LogP contribution < -0.4 is 4.84 Å². The summed E-state index contributed by atoms with van der Waals surface area (Å²) in [5.74, 6) is -0.258. The van der Waals surface area contributed by atoms with E-state index in [2.05, 4.69) is 0 Å². The highest BCUT2D eigenvalue weighted by molar-refractivity contribution is 6.20. The summed E-state index contributed by atoms with van der Waals surface area (Å²) in [4.78, 5) is 30.2. The van der Waals surface area contributed by atoms with Gasteiger partial charge in [0.1, 0.15) is 0 Å². The second-order valence-electron chi connectivity index (χ2n) is 5.34. The third-order valence-corrected chi connectivity index (χ3v) is 3.95. The van der Waals surface area contributed by atoms with E-state index in [9.17, 15) is 9.59 Å². The molecule has 0 N–H and O–H groups in total. The Morgan fingerprint density at radius 1 is 0.955 bits per heavy atom. The molecule has 0 fully saturated rings. The minimum absolute atomic E-state index is 0.350. The normalized spacial score (nSPS) is 17.4. The molecule has 2 aromatic rings. The van der Waals surface area contributed by atoms with Crippen molar-refractivity contribution in [2.75, 3.05) is 0 Å². The number of benzene rings is 2. The molecule has 0 spiro atoms. The van der Waals surface area contributed by atoms with Crippen molar-refractivity contribution in [2.24, 2.45) is 0 Å². The second kappa shape index (κ2) is 4.84. The molecule has 2 aliphatic rings. The number of rotatable bonds is 2. The van der Waals surface area contributed by atoms with Gasteiger partial charge in [-0.15, -0.1) is 0 Å². The van der Waals surface area contributed by atoms with E-state index < -0.39 is 0 Å². The predicted molar refractivity (Wildman–Crippen MR) is 81.8 cm³/mol. The molecule has 1 heterocycles. The molecule has 1 aliphatic heterocycles. The lowest BCUT2D eigenvalue weighted by atomic mass is 10.00. The number of hydrogen-bond acceptors (Lipinski definition) is 3. The summed E-state index contributed by atoms with van der Waals surface area (Å²) < 4.78 is 0. The molecule has 108 valence electrons. The van der Waals surface area contributed by atoms with Crippen LogP contribution in [0.5, 0.6) is 5.75 Å². The minimum atomic E-state index is -0.385. The molecule has 1 aliphatic carbocycles. The average Bonchev–Trinajstić information content (AvgIpc) is 2.80. The third-order valence-electron chi connectivity index (χ3n) is 3.95. The topological polar surface area (TPSA) is 46.6 Å². The maximum atomic E-state index is 12.3. The van der Waals surface area contributed by atoms with E-state index in [4.69, 9.17) is 4.84 Å². The standard InChI is InChI=1S/C18H13NO3/c20-17-15-7-3-4-8-16(15)18(21)19(17)22-14-10-9-12-5-1-2-6-13(12)11-14/h1-3,5-7,9-11H,4,8H2. The Balaban J connectivity index is 1.64. The highest BCUT2D eigenvalue weighted by atomic mass is 16.7. The number of carbonyl (C=O) groups excluding carboxylic acids is 2. The number of hydrogen-bond donors (Lipinski definition) is 0. The van der Waals surface area contributed by atoms with Crippen LogP contribution >= 0.6 is 0 Å². The highest BCUT2D eigenvalue weighted by Crippen LogP contribution is 2.30. The Morgan fingerprint density at radius 2 is 1.77 bits per heavy atom. The van der Waals surface area contributed by atoms with Crippen LogP contribution in [0.2, 0.25) is 0 Å². The molecule has 0 atom stereocenters. The largest absolute Gasteiger partial charge is 0.368 e. The molecule has 22 heavy (non-hydrogen) atoms. The van der Waals surface area contributed by atoms with E-state index in [1.165, 1.54) is 0 Å². The maximum Gasteiger partial charge on any atom is 0.294 e. The number of allylic oxidation sites excluding steroid dienone is 1. The summed E-state index contributed by atoms with van der Waals surface area (Å²) in [6.07, 6.45) is 4.99. The Morgan fingerprint density at radius 3 is 2.59 bits per heavy atom. The first kappa shape index (κ1) is 12.8. The Bertz CT molecular complexity index is 864. The van der Waals surface area contributed by atoms with Gasteiger partial charge in [0.25, 0.3) is 11.8 Å². The van der Waals surface area contributed by atoms with Gasteiger partial charge in [0.15, 0.2) is 5.75 Å². The molecular weight excluding hydrogens is 278 g/mol. The summed E-state index contributed by atoms with van der Waals surface area (Å²) in [5, 5.41) is 2.94. The van der Waals surface area contributed by atoms with Gasteiger partial charge >= 0.3 is 0 Å². The lowest BCUT2D eigenvalue weighted by Gasteiger charge is -2.15. The van der Waals surface area contributed by atoms with Crippen molar-refractivity contribution < 1.29 is 14.4 Å². The van der Waals surface area contributed by atoms with E-state index in [-0.39, 0.29) is 11.8 Å². The van der Waals surface area contributed by atoms with Gasteiger partial charge in [-0.2, -0.15) is 0 Å². The minimum Gasteiger partial charge on any atom is -0.368 e. The van der Waals surface area contributed by atoms with Crippen molar-refractivity contribution in [3.8, 4) is 5.75 Å². The quantitative estimate of drug-likeness (QED) is 0.799. The number of amides is 2. The fourth-order valence-corrected chi connectivity index (χ4v) is 2.82. The molecular formula is C18H13NO3. The summed E-state index contributed by atoms with van der Waals surface area (Å²) in [7, 11) is 0. The van der Waals surface area contributed by atoms with E-state index in [1.54, 1.807) is 12.1 Å². The SMILES string of the molecule is O=C1C2=C(CCC=C2)C(=O)N1Oc1ccc2ccccc2c1. The van der Waals surface area contributed by atoms with Gasteiger partial charge in [-0.25, -0.2) is 0 Å². The zero-order valence-electron chi connectivity index (χ0n) is 11.8. The maximum absolute atomic E-state index is 12.3. The van der Waals surface area contributed by atoms with Crippen LogP contribution in [0.1, 0.15) is 12.8 Å². The summed E-state index contributed by atoms with van der Waals surface area (Å²) in [6.45, 7) is 0. The van der Waals surface area contributed by atoms with E-state index >= 15 is 0 Å². The van der Waals surface area contributed by atoms with Crippen LogP contribution in [-0.4, -0.2) is 16.9 Å². The second-order valence-corrected chi connectivity index (χ2v) is 5.34. The van der Waals surface area contributed by atoms with Gasteiger partial charge in [0.2, 0.25) is 0 Å². The van der Waals surface area contributed by atoms with Crippen molar-refractivity contribution >= 4 is 22.6 Å². The fourth-order valence-electron chi connectivity index (χ4n) is 2.82. The van der Waals surface area contributed by atoms with E-state index in [0.29, 0.717) is 23.3 Å². The molecule has 2 amide bonds. The molecule has 2 aromatic carbocycles.